The fourth-order valence-corrected chi connectivity index (χ4v) is 2.00. The molecular formula is C13H20N2. The number of nitrogen functional groups attached to an aromatic ring is 1. The van der Waals surface area contributed by atoms with Crippen molar-refractivity contribution in [3.8, 4) is 0 Å². The minimum atomic E-state index is 0.557. The molecule has 0 unspecified atom stereocenters. The Morgan fingerprint density at radius 1 is 1.27 bits per heavy atom. The van der Waals surface area contributed by atoms with E-state index in [0.29, 0.717) is 5.41 Å². The molecule has 0 spiro atoms. The van der Waals surface area contributed by atoms with Crippen molar-refractivity contribution in [3.05, 3.63) is 24.3 Å². The second kappa shape index (κ2) is 3.76. The van der Waals surface area contributed by atoms with Gasteiger partial charge in [-0.05, 0) is 48.4 Å². The molecule has 0 amide bonds. The highest BCUT2D eigenvalue weighted by Crippen LogP contribution is 2.51. The molecule has 0 heterocycles. The maximum Gasteiger partial charge on any atom is 0.0341 e. The summed E-state index contributed by atoms with van der Waals surface area (Å²) in [6.45, 7) is 5.73. The molecule has 82 valence electrons. The molecule has 0 aromatic heterocycles. The van der Waals surface area contributed by atoms with E-state index in [4.69, 9.17) is 5.73 Å². The van der Waals surface area contributed by atoms with Crippen molar-refractivity contribution in [1.29, 1.82) is 0 Å². The summed E-state index contributed by atoms with van der Waals surface area (Å²) in [6.07, 6.45) is 2.74. The summed E-state index contributed by atoms with van der Waals surface area (Å²) in [5.41, 5.74) is 8.20. The molecule has 1 aliphatic carbocycles. The van der Waals surface area contributed by atoms with Crippen LogP contribution in [-0.4, -0.2) is 6.54 Å². The van der Waals surface area contributed by atoms with Crippen LogP contribution in [0.3, 0.4) is 0 Å². The standard InChI is InChI=1S/C13H20N2/c1-10(2)13(7-8-13)9-15-12-5-3-11(14)4-6-12/h3-6,10,15H,7-9,14H2,1-2H3. The van der Waals surface area contributed by atoms with Gasteiger partial charge in [0, 0.05) is 17.9 Å². The number of nitrogens with two attached hydrogens (primary N) is 1. The Bertz CT molecular complexity index is 323. The summed E-state index contributed by atoms with van der Waals surface area (Å²) in [5.74, 6) is 0.777. The summed E-state index contributed by atoms with van der Waals surface area (Å²) in [4.78, 5) is 0. The highest BCUT2D eigenvalue weighted by Gasteiger charge is 2.44. The molecule has 0 saturated heterocycles. The van der Waals surface area contributed by atoms with Gasteiger partial charge >= 0.3 is 0 Å². The van der Waals surface area contributed by atoms with Crippen molar-refractivity contribution >= 4 is 11.4 Å². The van der Waals surface area contributed by atoms with E-state index in [2.05, 4.69) is 19.2 Å². The topological polar surface area (TPSA) is 38.0 Å². The van der Waals surface area contributed by atoms with Crippen molar-refractivity contribution in [2.45, 2.75) is 26.7 Å². The number of hydrogen-bond donors (Lipinski definition) is 2. The van der Waals surface area contributed by atoms with E-state index in [-0.39, 0.29) is 0 Å². The van der Waals surface area contributed by atoms with E-state index in [9.17, 15) is 0 Å². The largest absolute Gasteiger partial charge is 0.399 e. The molecule has 0 aliphatic heterocycles. The number of rotatable bonds is 4. The van der Waals surface area contributed by atoms with Crippen LogP contribution in [0.4, 0.5) is 11.4 Å². The maximum atomic E-state index is 5.64. The molecule has 2 nitrogen and oxygen atoms in total. The second-order valence-corrected chi connectivity index (χ2v) is 4.99. The number of hydrogen-bond acceptors (Lipinski definition) is 2. The SMILES string of the molecule is CC(C)C1(CNc2ccc(N)cc2)CC1. The summed E-state index contributed by atoms with van der Waals surface area (Å²) in [6, 6.07) is 7.98. The average Bonchev–Trinajstić information content (AvgIpc) is 2.98. The molecule has 1 aromatic rings. The lowest BCUT2D eigenvalue weighted by atomic mass is 9.92. The number of anilines is 2. The monoisotopic (exact) mass is 204 g/mol. The molecule has 0 bridgehead atoms. The van der Waals surface area contributed by atoms with Crippen LogP contribution >= 0.6 is 0 Å². The Balaban J connectivity index is 1.91. The third kappa shape index (κ3) is 2.25. The van der Waals surface area contributed by atoms with Crippen molar-refractivity contribution in [3.63, 3.8) is 0 Å². The Labute approximate surface area is 91.9 Å². The van der Waals surface area contributed by atoms with Crippen LogP contribution in [0.25, 0.3) is 0 Å². The first kappa shape index (κ1) is 10.3. The predicted molar refractivity (Wildman–Crippen MR) is 65.8 cm³/mol. The van der Waals surface area contributed by atoms with E-state index in [1.807, 2.05) is 24.3 Å². The van der Waals surface area contributed by atoms with Crippen molar-refractivity contribution in [1.82, 2.24) is 0 Å². The third-order valence-corrected chi connectivity index (χ3v) is 3.67. The van der Waals surface area contributed by atoms with Gasteiger partial charge in [-0.3, -0.25) is 0 Å². The Kier molecular flexibility index (Phi) is 2.59. The highest BCUT2D eigenvalue weighted by molar-refractivity contribution is 5.51. The Morgan fingerprint density at radius 2 is 1.87 bits per heavy atom. The summed E-state index contributed by atoms with van der Waals surface area (Å²) >= 11 is 0. The van der Waals surface area contributed by atoms with Gasteiger partial charge in [0.15, 0.2) is 0 Å². The van der Waals surface area contributed by atoms with Crippen molar-refractivity contribution < 1.29 is 0 Å². The van der Waals surface area contributed by atoms with Crippen LogP contribution < -0.4 is 11.1 Å². The summed E-state index contributed by atoms with van der Waals surface area (Å²) in [5, 5.41) is 3.50. The van der Waals surface area contributed by atoms with Gasteiger partial charge in [-0.15, -0.1) is 0 Å². The molecule has 1 saturated carbocycles. The minimum absolute atomic E-state index is 0.557. The fourth-order valence-electron chi connectivity index (χ4n) is 2.00. The zero-order chi connectivity index (χ0) is 10.9. The fraction of sp³-hybridized carbons (Fsp3) is 0.538. The second-order valence-electron chi connectivity index (χ2n) is 4.99. The average molecular weight is 204 g/mol. The van der Waals surface area contributed by atoms with Gasteiger partial charge in [-0.25, -0.2) is 0 Å². The van der Waals surface area contributed by atoms with Gasteiger partial charge in [-0.1, -0.05) is 13.8 Å². The highest BCUT2D eigenvalue weighted by atomic mass is 14.9. The maximum absolute atomic E-state index is 5.64. The molecule has 1 fully saturated rings. The van der Waals surface area contributed by atoms with Gasteiger partial charge in [0.1, 0.15) is 0 Å². The van der Waals surface area contributed by atoms with Gasteiger partial charge < -0.3 is 11.1 Å². The van der Waals surface area contributed by atoms with Crippen LogP contribution in [0.15, 0.2) is 24.3 Å². The first-order chi connectivity index (χ1) is 7.12. The summed E-state index contributed by atoms with van der Waals surface area (Å²) < 4.78 is 0. The molecular weight excluding hydrogens is 184 g/mol. The lowest BCUT2D eigenvalue weighted by molar-refractivity contribution is 0.380. The minimum Gasteiger partial charge on any atom is -0.399 e. The predicted octanol–water partition coefficient (Wildman–Crippen LogP) is 3.12. The van der Waals surface area contributed by atoms with E-state index in [1.165, 1.54) is 18.5 Å². The Morgan fingerprint density at radius 3 is 2.33 bits per heavy atom. The zero-order valence-electron chi connectivity index (χ0n) is 9.59. The third-order valence-electron chi connectivity index (χ3n) is 3.67. The van der Waals surface area contributed by atoms with Gasteiger partial charge in [0.2, 0.25) is 0 Å². The zero-order valence-corrected chi connectivity index (χ0v) is 9.59. The van der Waals surface area contributed by atoms with Crippen LogP contribution in [0.2, 0.25) is 0 Å². The van der Waals surface area contributed by atoms with Gasteiger partial charge in [0.25, 0.3) is 0 Å². The summed E-state index contributed by atoms with van der Waals surface area (Å²) in [7, 11) is 0. The smallest absolute Gasteiger partial charge is 0.0341 e. The van der Waals surface area contributed by atoms with Crippen LogP contribution in [0.5, 0.6) is 0 Å². The number of nitrogens with one attached hydrogen (secondary N) is 1. The van der Waals surface area contributed by atoms with E-state index < -0.39 is 0 Å². The van der Waals surface area contributed by atoms with Gasteiger partial charge in [0.05, 0.1) is 0 Å². The molecule has 1 aliphatic rings. The number of benzene rings is 1. The molecule has 2 heteroatoms. The first-order valence-corrected chi connectivity index (χ1v) is 5.72. The van der Waals surface area contributed by atoms with E-state index in [0.717, 1.165) is 18.2 Å². The lowest BCUT2D eigenvalue weighted by Gasteiger charge is -2.20. The molecule has 2 rings (SSSR count). The van der Waals surface area contributed by atoms with Crippen LogP contribution in [0.1, 0.15) is 26.7 Å². The van der Waals surface area contributed by atoms with E-state index >= 15 is 0 Å². The van der Waals surface area contributed by atoms with Crippen LogP contribution in [0, 0.1) is 11.3 Å². The van der Waals surface area contributed by atoms with E-state index in [1.54, 1.807) is 0 Å². The van der Waals surface area contributed by atoms with Crippen LogP contribution in [-0.2, 0) is 0 Å². The quantitative estimate of drug-likeness (QED) is 0.739. The molecule has 15 heavy (non-hydrogen) atoms. The molecule has 1 aromatic carbocycles. The molecule has 0 radical (unpaired) electrons. The van der Waals surface area contributed by atoms with Crippen molar-refractivity contribution in [2.24, 2.45) is 11.3 Å². The first-order valence-electron chi connectivity index (χ1n) is 5.72. The normalized spacial score (nSPS) is 17.8. The Hall–Kier alpha value is -1.18. The molecule has 0 atom stereocenters. The van der Waals surface area contributed by atoms with Crippen molar-refractivity contribution in [2.75, 3.05) is 17.6 Å². The molecule has 3 N–H and O–H groups in total. The lowest BCUT2D eigenvalue weighted by Crippen LogP contribution is -2.20. The van der Waals surface area contributed by atoms with Gasteiger partial charge in [-0.2, -0.15) is 0 Å².